The van der Waals surface area contributed by atoms with E-state index in [1.807, 2.05) is 30.3 Å². The predicted octanol–water partition coefficient (Wildman–Crippen LogP) is 5.91. The van der Waals surface area contributed by atoms with Gasteiger partial charge >= 0.3 is 21.9 Å². The molecule has 0 atom stereocenters. The SMILES string of the molecule is O=c1oc2c(OS(=O)(=O)c3cccc(C(F)(F)F)c3)cccc2cc1N(c1ccc(-c2ccccc2)cc1)[SH](=O)=O. The number of alkyl halides is 3. The Labute approximate surface area is 233 Å². The molecule has 0 aliphatic rings. The lowest BCUT2D eigenvalue weighted by Crippen LogP contribution is -2.21. The first-order valence-electron chi connectivity index (χ1n) is 11.7. The summed E-state index contributed by atoms with van der Waals surface area (Å²) in [5.74, 6) is -0.478. The smallest absolute Gasteiger partial charge is 0.416 e. The summed E-state index contributed by atoms with van der Waals surface area (Å²) in [6, 6.07) is 23.8. The van der Waals surface area contributed by atoms with Gasteiger partial charge in [-0.3, -0.25) is 0 Å². The van der Waals surface area contributed by atoms with Gasteiger partial charge in [-0.25, -0.2) is 17.5 Å². The van der Waals surface area contributed by atoms with Crippen LogP contribution in [0.5, 0.6) is 5.75 Å². The van der Waals surface area contributed by atoms with Crippen molar-refractivity contribution in [2.45, 2.75) is 11.1 Å². The Kier molecular flexibility index (Phi) is 7.32. The number of hydrogen-bond acceptors (Lipinski definition) is 7. The Morgan fingerprint density at radius 2 is 1.44 bits per heavy atom. The minimum atomic E-state index is -4.79. The summed E-state index contributed by atoms with van der Waals surface area (Å²) in [4.78, 5) is 12.2. The minimum Gasteiger partial charge on any atom is -0.417 e. The van der Waals surface area contributed by atoms with Crippen LogP contribution in [-0.4, -0.2) is 16.8 Å². The molecule has 0 N–H and O–H groups in total. The largest absolute Gasteiger partial charge is 0.417 e. The molecule has 0 amide bonds. The quantitative estimate of drug-likeness (QED) is 0.140. The number of halogens is 3. The van der Waals surface area contributed by atoms with E-state index < -0.39 is 49.0 Å². The van der Waals surface area contributed by atoms with Gasteiger partial charge in [0.2, 0.25) is 10.9 Å². The summed E-state index contributed by atoms with van der Waals surface area (Å²) in [6.07, 6.45) is -4.79. The van der Waals surface area contributed by atoms with Crippen molar-refractivity contribution < 1.29 is 38.6 Å². The summed E-state index contributed by atoms with van der Waals surface area (Å²) >= 11 is 0. The molecule has 0 fully saturated rings. The van der Waals surface area contributed by atoms with E-state index in [2.05, 4.69) is 0 Å². The Morgan fingerprint density at radius 3 is 2.10 bits per heavy atom. The van der Waals surface area contributed by atoms with Gasteiger partial charge in [0.1, 0.15) is 10.6 Å². The van der Waals surface area contributed by atoms with Crippen LogP contribution < -0.4 is 14.1 Å². The maximum absolute atomic E-state index is 13.1. The third-order valence-electron chi connectivity index (χ3n) is 5.97. The number of benzene rings is 4. The molecular formula is C28H18F3NO7S2. The molecule has 0 bridgehead atoms. The van der Waals surface area contributed by atoms with E-state index in [0.29, 0.717) is 12.1 Å². The van der Waals surface area contributed by atoms with Crippen LogP contribution in [0.1, 0.15) is 5.56 Å². The molecule has 4 aromatic carbocycles. The van der Waals surface area contributed by atoms with Gasteiger partial charge in [0.05, 0.1) is 11.3 Å². The minimum absolute atomic E-state index is 0.0964. The fourth-order valence-electron chi connectivity index (χ4n) is 4.06. The van der Waals surface area contributed by atoms with Crippen molar-refractivity contribution in [3.63, 3.8) is 0 Å². The van der Waals surface area contributed by atoms with Gasteiger partial charge in [0.15, 0.2) is 11.3 Å². The summed E-state index contributed by atoms with van der Waals surface area (Å²) in [5.41, 5.74) is -1.20. The van der Waals surface area contributed by atoms with Gasteiger partial charge in [0.25, 0.3) is 0 Å². The van der Waals surface area contributed by atoms with E-state index in [1.54, 1.807) is 12.1 Å². The van der Waals surface area contributed by atoms with Gasteiger partial charge in [-0.1, -0.05) is 60.7 Å². The molecule has 5 aromatic rings. The highest BCUT2D eigenvalue weighted by molar-refractivity contribution is 7.87. The van der Waals surface area contributed by atoms with Crippen molar-refractivity contribution in [3.8, 4) is 16.9 Å². The predicted molar refractivity (Wildman–Crippen MR) is 146 cm³/mol. The lowest BCUT2D eigenvalue weighted by atomic mass is 10.1. The zero-order chi connectivity index (χ0) is 29.4. The van der Waals surface area contributed by atoms with Crippen molar-refractivity contribution in [2.75, 3.05) is 4.31 Å². The maximum atomic E-state index is 13.1. The van der Waals surface area contributed by atoms with Crippen molar-refractivity contribution in [3.05, 3.63) is 119 Å². The van der Waals surface area contributed by atoms with E-state index >= 15 is 0 Å². The van der Waals surface area contributed by atoms with Gasteiger partial charge in [-0.15, -0.1) is 0 Å². The van der Waals surface area contributed by atoms with E-state index in [-0.39, 0.29) is 22.3 Å². The first kappa shape index (κ1) is 27.9. The highest BCUT2D eigenvalue weighted by Gasteiger charge is 2.32. The van der Waals surface area contributed by atoms with Crippen LogP contribution in [0.4, 0.5) is 24.5 Å². The summed E-state index contributed by atoms with van der Waals surface area (Å²) in [7, 11) is -8.15. The molecule has 0 saturated heterocycles. The van der Waals surface area contributed by atoms with E-state index in [0.717, 1.165) is 33.6 Å². The molecule has 8 nitrogen and oxygen atoms in total. The number of thiol groups is 1. The average molecular weight is 602 g/mol. The molecule has 0 unspecified atom stereocenters. The zero-order valence-electron chi connectivity index (χ0n) is 20.6. The molecule has 0 saturated carbocycles. The van der Waals surface area contributed by atoms with Crippen LogP contribution in [0, 0.1) is 0 Å². The van der Waals surface area contributed by atoms with Crippen molar-refractivity contribution in [2.24, 2.45) is 0 Å². The molecule has 1 aromatic heterocycles. The van der Waals surface area contributed by atoms with Crippen molar-refractivity contribution in [1.82, 2.24) is 0 Å². The third-order valence-corrected chi connectivity index (χ3v) is 7.97. The molecule has 0 aliphatic carbocycles. The first-order valence-corrected chi connectivity index (χ1v) is 14.3. The fraction of sp³-hybridized carbons (Fsp3) is 0.0357. The number of fused-ring (bicyclic) bond motifs is 1. The van der Waals surface area contributed by atoms with Gasteiger partial charge in [-0.2, -0.15) is 21.6 Å². The number of anilines is 2. The molecule has 0 aliphatic heterocycles. The molecule has 0 spiro atoms. The Hall–Kier alpha value is -4.62. The Balaban J connectivity index is 1.52. The van der Waals surface area contributed by atoms with E-state index in [9.17, 15) is 34.8 Å². The number of nitrogens with zero attached hydrogens (tertiary/aromatic N) is 1. The molecule has 210 valence electrons. The van der Waals surface area contributed by atoms with Crippen LogP contribution >= 0.6 is 0 Å². The normalized spacial score (nSPS) is 12.0. The van der Waals surface area contributed by atoms with Crippen LogP contribution in [-0.2, 0) is 27.2 Å². The average Bonchev–Trinajstić information content (AvgIpc) is 2.94. The lowest BCUT2D eigenvalue weighted by Gasteiger charge is -2.17. The van der Waals surface area contributed by atoms with E-state index in [1.165, 1.54) is 30.3 Å². The Bertz CT molecular complexity index is 1980. The van der Waals surface area contributed by atoms with E-state index in [4.69, 9.17) is 8.60 Å². The lowest BCUT2D eigenvalue weighted by molar-refractivity contribution is -0.137. The molecular weight excluding hydrogens is 583 g/mol. The molecule has 0 radical (unpaired) electrons. The highest BCUT2D eigenvalue weighted by atomic mass is 32.2. The van der Waals surface area contributed by atoms with Gasteiger partial charge in [0, 0.05) is 5.39 Å². The van der Waals surface area contributed by atoms with Crippen LogP contribution in [0.15, 0.2) is 117 Å². The summed E-state index contributed by atoms with van der Waals surface area (Å²) in [5, 5.41) is 0.0964. The standard InChI is InChI=1S/C28H18F3NO7S2/c29-28(30,31)21-9-5-10-23(17-21)41(36,37)39-25-11-4-8-20-16-24(27(33)38-26(20)25)32(40(34)35)22-14-12-19(13-15-22)18-6-2-1-3-7-18/h1-17,40H. The van der Waals surface area contributed by atoms with Gasteiger partial charge in [-0.05, 0) is 53.6 Å². The first-order chi connectivity index (χ1) is 19.4. The second kappa shape index (κ2) is 10.7. The maximum Gasteiger partial charge on any atom is 0.416 e. The third kappa shape index (κ3) is 5.81. The molecule has 13 heteroatoms. The second-order valence-electron chi connectivity index (χ2n) is 8.62. The van der Waals surface area contributed by atoms with Crippen molar-refractivity contribution >= 4 is 43.4 Å². The summed E-state index contributed by atoms with van der Waals surface area (Å²) < 4.78 is 100. The number of rotatable bonds is 7. The molecule has 41 heavy (non-hydrogen) atoms. The topological polar surface area (TPSA) is 111 Å². The van der Waals surface area contributed by atoms with Crippen LogP contribution in [0.2, 0.25) is 0 Å². The van der Waals surface area contributed by atoms with Crippen LogP contribution in [0.25, 0.3) is 22.1 Å². The monoisotopic (exact) mass is 601 g/mol. The molecule has 5 rings (SSSR count). The fourth-order valence-corrected chi connectivity index (χ4v) is 5.68. The Morgan fingerprint density at radius 1 is 0.780 bits per heavy atom. The zero-order valence-corrected chi connectivity index (χ0v) is 22.3. The second-order valence-corrected chi connectivity index (χ2v) is 11.0. The number of hydrogen-bond donors (Lipinski definition) is 1. The summed E-state index contributed by atoms with van der Waals surface area (Å²) in [6.45, 7) is 0. The van der Waals surface area contributed by atoms with Crippen molar-refractivity contribution in [1.29, 1.82) is 0 Å². The number of para-hydroxylation sites is 1. The van der Waals surface area contributed by atoms with Gasteiger partial charge < -0.3 is 8.60 Å². The molecule has 1 heterocycles. The van der Waals surface area contributed by atoms with Crippen LogP contribution in [0.3, 0.4) is 0 Å². The highest BCUT2D eigenvalue weighted by Crippen LogP contribution is 2.34.